The van der Waals surface area contributed by atoms with E-state index < -0.39 is 27.2 Å². The normalized spacial score (nSPS) is 9.96. The second-order valence-electron chi connectivity index (χ2n) is 21.4. The number of alkyl halides is 8. The molecule has 10 rings (SSSR count). The number of rotatable bonds is 6. The Kier molecular flexibility index (Phi) is 74.0. The maximum Gasteiger partial charge on any atom is 1.00 e. The van der Waals surface area contributed by atoms with Gasteiger partial charge in [-0.05, 0) is 176 Å². The first-order chi connectivity index (χ1) is 49.7. The van der Waals surface area contributed by atoms with Gasteiger partial charge in [0, 0.05) is 131 Å². The number of carbonyl (C=O) groups is 2. The summed E-state index contributed by atoms with van der Waals surface area (Å²) in [7, 11) is -4.67. The Morgan fingerprint density at radius 1 is 0.670 bits per heavy atom. The van der Waals surface area contributed by atoms with E-state index in [1.54, 1.807) is 79.9 Å². The zero-order valence-corrected chi connectivity index (χ0v) is 77.0. The molecule has 9 heterocycles. The smallest absolute Gasteiger partial charge is 0.619 e. The number of ether oxygens (including phenoxy) is 1. The Bertz CT molecular complexity index is 4160. The maximum atomic E-state index is 12.4. The molecule has 9 aromatic heterocycles. The van der Waals surface area contributed by atoms with Crippen LogP contribution in [0.15, 0.2) is 179 Å². The molecule has 1 fully saturated rings. The second kappa shape index (κ2) is 67.7. The van der Waals surface area contributed by atoms with Crippen molar-refractivity contribution in [1.29, 1.82) is 0 Å². The molecule has 9 N–H and O–H groups in total. The molecule has 28 nitrogen and oxygen atoms in total. The average molecular weight is 2030 g/mol. The molecule has 0 radical (unpaired) electrons. The van der Waals surface area contributed by atoms with Crippen molar-refractivity contribution in [2.45, 2.75) is 133 Å². The molecule has 44 heteroatoms. The van der Waals surface area contributed by atoms with Gasteiger partial charge < -0.3 is 57.3 Å². The molecule has 0 bridgehead atoms. The van der Waals surface area contributed by atoms with Crippen LogP contribution in [-0.2, 0) is 15.2 Å². The third-order valence-electron chi connectivity index (χ3n) is 11.4. The molecule has 0 aliphatic heterocycles. The molecule has 1 aliphatic carbocycles. The van der Waals surface area contributed by atoms with Crippen LogP contribution in [0.25, 0.3) is 11.1 Å². The van der Waals surface area contributed by atoms with Crippen molar-refractivity contribution in [3.8, 4) is 17.0 Å². The first-order valence-corrected chi connectivity index (χ1v) is 37.2. The summed E-state index contributed by atoms with van der Waals surface area (Å²) in [6.45, 7) is 21.9. The number of halogens is 13. The number of hydrogen-bond acceptors (Lipinski definition) is 23. The first kappa shape index (κ1) is 122. The molecule has 0 atom stereocenters. The quantitative estimate of drug-likeness (QED) is 0.0119. The number of carbonyl (C=O) groups excluding carboxylic acids is 2. The summed E-state index contributed by atoms with van der Waals surface area (Å²) in [6, 6.07) is 18.2. The van der Waals surface area contributed by atoms with Crippen molar-refractivity contribution in [2.24, 2.45) is 10.7 Å². The molecule has 112 heavy (non-hydrogen) atoms. The van der Waals surface area contributed by atoms with E-state index in [1.807, 2.05) is 98.2 Å². The van der Waals surface area contributed by atoms with Gasteiger partial charge in [0.15, 0.2) is 16.7 Å². The van der Waals surface area contributed by atoms with Crippen molar-refractivity contribution in [2.75, 3.05) is 27.4 Å². The molecule has 0 aromatic carbocycles. The molecule has 610 valence electrons. The fraction of sp³-hybridized carbons (Fsp3) is 0.309. The van der Waals surface area contributed by atoms with Crippen molar-refractivity contribution in [1.82, 2.24) is 39.9 Å². The largest absolute Gasteiger partial charge is 1.00 e. The van der Waals surface area contributed by atoms with E-state index >= 15 is 0 Å². The minimum absolute atomic E-state index is 0. The summed E-state index contributed by atoms with van der Waals surface area (Å²) in [5.41, 5.74) is 22.5. The number of aldehydes is 1. The number of aromatic nitrogens is 9. The van der Waals surface area contributed by atoms with E-state index in [1.165, 1.54) is 24.0 Å². The van der Waals surface area contributed by atoms with Crippen LogP contribution >= 0.6 is 138 Å². The van der Waals surface area contributed by atoms with Crippen LogP contribution in [-0.4, -0.2) is 97.0 Å². The van der Waals surface area contributed by atoms with E-state index in [4.69, 9.17) is 117 Å². The first-order valence-electron chi connectivity index (χ1n) is 29.4. The van der Waals surface area contributed by atoms with Crippen LogP contribution < -0.4 is 96.2 Å². The third-order valence-corrected chi connectivity index (χ3v) is 15.7. The van der Waals surface area contributed by atoms with Gasteiger partial charge >= 0.3 is 75.7 Å². The number of amides is 1. The summed E-state index contributed by atoms with van der Waals surface area (Å²) in [5, 5.41) is 34.9. The number of pyridine rings is 9. The molecule has 1 saturated carbocycles. The molecular weight excluding hydrogens is 1950 g/mol. The zero-order valence-electron chi connectivity index (χ0n) is 60.5. The number of aryl methyl sites for hydroxylation is 8. The van der Waals surface area contributed by atoms with Gasteiger partial charge in [-0.2, -0.15) is 26.3 Å². The van der Waals surface area contributed by atoms with Crippen LogP contribution in [0, 0.1) is 80.8 Å². The minimum Gasteiger partial charge on any atom is -0.619 e. The van der Waals surface area contributed by atoms with Crippen LogP contribution in [0.2, 0.25) is 0 Å². The molecule has 1 aliphatic rings. The zero-order chi connectivity index (χ0) is 82.8. The molecule has 0 saturated heterocycles. The molecule has 1 amide bonds. The maximum absolute atomic E-state index is 12.4. The van der Waals surface area contributed by atoms with Gasteiger partial charge in [-0.15, -0.1) is 33.9 Å². The number of nitrogens with zero attached hydrogens (tertiary/aromatic N) is 10. The fourth-order valence-electron chi connectivity index (χ4n) is 6.24. The number of nitrogen functional groups attached to an aromatic ring is 2. The van der Waals surface area contributed by atoms with Crippen molar-refractivity contribution in [3.63, 3.8) is 0 Å². The number of nitrogens with two attached hydrogens (primary N) is 2. The van der Waals surface area contributed by atoms with Crippen LogP contribution in [0.4, 0.5) is 36.3 Å². The van der Waals surface area contributed by atoms with Crippen LogP contribution in [0.5, 0.6) is 5.88 Å². The summed E-state index contributed by atoms with van der Waals surface area (Å²) < 4.78 is 73.7. The third kappa shape index (κ3) is 66.8. The van der Waals surface area contributed by atoms with Crippen LogP contribution in [0.1, 0.15) is 111 Å². The molecule has 0 unspecified atom stereocenters. The Hall–Kier alpha value is -5.40. The number of hydrogen-bond donors (Lipinski definition) is 7. The van der Waals surface area contributed by atoms with Crippen molar-refractivity contribution < 1.29 is 109 Å². The van der Waals surface area contributed by atoms with Gasteiger partial charge in [-0.25, -0.2) is 19.9 Å². The van der Waals surface area contributed by atoms with Crippen molar-refractivity contribution >= 4 is 183 Å². The van der Waals surface area contributed by atoms with E-state index in [9.17, 15) is 28.0 Å². The Morgan fingerprint density at radius 2 is 1.11 bits per heavy atom. The van der Waals surface area contributed by atoms with Gasteiger partial charge in [0.05, 0.1) is 10.9 Å². The predicted octanol–water partition coefficient (Wildman–Crippen LogP) is 14.9. The van der Waals surface area contributed by atoms with Gasteiger partial charge in [0.1, 0.15) is 23.6 Å². The predicted molar refractivity (Wildman–Crippen MR) is 454 cm³/mol. The van der Waals surface area contributed by atoms with Gasteiger partial charge in [0.25, 0.3) is 5.91 Å². The molecule has 0 spiro atoms. The van der Waals surface area contributed by atoms with E-state index in [2.05, 4.69) is 151 Å². The number of anilines is 4. The summed E-state index contributed by atoms with van der Waals surface area (Å²) in [5.74, 6) is 2.37. The fourth-order valence-corrected chi connectivity index (χ4v) is 7.66. The van der Waals surface area contributed by atoms with Gasteiger partial charge in [0.2, 0.25) is 17.7 Å². The molecular formula is C68H86Br5Cl5F3N15Na2O13S. The standard InChI is InChI=1S/C21H20N4O2.C10H15BrN2.C6H7BrN2.2C6H6BrNO.C6H6BrN.C6H8N2.C2HF3O.CHCl3.CH2Cl2.3CH4.2HNO2.2Na.H2O4S/c1-13-7-8-22-12-18(13)21(26)25-19-6-3-15(11-23-19)17-9-20(24-10-14(17)2)27-16-4-5-16;1-7-6-12-9(5-8(7)11)13-10(2,3)4;1-4-3-9-6(8)2-5(4)7;1-4-3-8-6(9)2-5(4)7;1-5-4-8(9)3-2-6(5)7;2*1-5-4-8-3-2-6(5)7;3-2(4,5)1-6;2-1(3)4;2-1-3;;;;2*2-1-3;;;1-5(2,3)4/h3,6-12,16H,4-5H2,1-2H3,(H,23,25,26);5-6H,1-4H3,(H,12,13);2-3H,1H3,(H2,8,9);2-3H,1H3,(H,8,9);2-4H,1H3;2-4H,1H3;2-4H,1H3,(H2,7,8);1H;1H;1H2;3*1H4;2*(H,2,3);;;(H2,1,2,3,4)/q;;;;;;;;;;;;;;;2*+1;/p-2. The molecule has 9 aromatic rings. The number of nitrogens with one attached hydrogen (secondary N) is 3. The minimum atomic E-state index is -4.67. The Labute approximate surface area is 761 Å². The number of H-pyrrole nitrogens is 1. The summed E-state index contributed by atoms with van der Waals surface area (Å²) in [6.07, 6.45) is 18.8. The SMILES string of the molecule is C.C.C.Cc1c[n+]([O-])ccc1Br.Cc1c[nH]c(=O)cc1Br.Cc1ccncc1C(=O)Nc1ccc(-c2cc(OC3CC3)ncc2C)cn1.Cc1cnc(N)cc1Br.Cc1cnc(NC(C)(C)C)cc1Br.Cc1cnccc1Br.Cc1cnccc1N.ClC(Cl)Cl.ClCCl.O=CC(F)(F)F.O=N[O-].O=N[O-].O=S(=O)(O)O.[Na+].[Na+]. The van der Waals surface area contributed by atoms with Crippen LogP contribution in [0.3, 0.4) is 0 Å². The Balaban J connectivity index is -0.000000185. The summed E-state index contributed by atoms with van der Waals surface area (Å²) >= 11 is 40.6. The van der Waals surface area contributed by atoms with E-state index in [0.29, 0.717) is 29.2 Å². The Morgan fingerprint density at radius 3 is 1.47 bits per heavy atom. The summed E-state index contributed by atoms with van der Waals surface area (Å²) in [4.78, 5) is 78.9. The van der Waals surface area contributed by atoms with Crippen molar-refractivity contribution in [3.05, 3.63) is 249 Å². The second-order valence-corrected chi connectivity index (χ2v) is 29.4. The van der Waals surface area contributed by atoms with Gasteiger partial charge in [-0.3, -0.25) is 38.4 Å². The topological polar surface area (TPSA) is 449 Å². The van der Waals surface area contributed by atoms with Gasteiger partial charge in [-0.1, -0.05) is 137 Å². The monoisotopic (exact) mass is 2030 g/mol. The van der Waals surface area contributed by atoms with E-state index in [-0.39, 0.29) is 104 Å². The van der Waals surface area contributed by atoms with E-state index in [0.717, 1.165) is 112 Å². The number of aromatic amines is 1. The average Bonchev–Trinajstić information content (AvgIpc) is 1.81.